The summed E-state index contributed by atoms with van der Waals surface area (Å²) in [6.45, 7) is 0.621. The van der Waals surface area contributed by atoms with Crippen LogP contribution in [0.15, 0.2) is 47.8 Å². The van der Waals surface area contributed by atoms with Gasteiger partial charge in [-0.05, 0) is 52.7 Å². The third-order valence-electron chi connectivity index (χ3n) is 2.93. The first kappa shape index (κ1) is 12.5. The Bertz CT molecular complexity index is 723. The van der Waals surface area contributed by atoms with Crippen LogP contribution in [-0.2, 0) is 6.54 Å². The molecule has 0 aliphatic heterocycles. The van der Waals surface area contributed by atoms with Gasteiger partial charge in [0.1, 0.15) is 5.82 Å². The normalized spacial score (nSPS) is 10.8. The van der Waals surface area contributed by atoms with Crippen molar-refractivity contribution < 1.29 is 4.39 Å². The Morgan fingerprint density at radius 3 is 2.84 bits per heavy atom. The van der Waals surface area contributed by atoms with E-state index in [0.717, 1.165) is 11.3 Å². The molecule has 0 bridgehead atoms. The van der Waals surface area contributed by atoms with E-state index in [0.29, 0.717) is 6.54 Å². The van der Waals surface area contributed by atoms with Gasteiger partial charge in [-0.2, -0.15) is 0 Å². The highest BCUT2D eigenvalue weighted by Crippen LogP contribution is 2.24. The molecule has 96 valence electrons. The molecule has 0 spiro atoms. The van der Waals surface area contributed by atoms with E-state index in [9.17, 15) is 4.39 Å². The van der Waals surface area contributed by atoms with Crippen LogP contribution in [-0.4, -0.2) is 0 Å². The van der Waals surface area contributed by atoms with Gasteiger partial charge in [0.15, 0.2) is 0 Å². The number of thiophene rings is 1. The second-order valence-corrected chi connectivity index (χ2v) is 5.63. The van der Waals surface area contributed by atoms with Gasteiger partial charge in [0, 0.05) is 16.9 Å². The summed E-state index contributed by atoms with van der Waals surface area (Å²) < 4.78 is 14.3. The summed E-state index contributed by atoms with van der Waals surface area (Å²) in [5.74, 6) is -0.384. The highest BCUT2D eigenvalue weighted by Gasteiger charge is 2.01. The van der Waals surface area contributed by atoms with Gasteiger partial charge in [-0.3, -0.25) is 0 Å². The number of halogens is 2. The van der Waals surface area contributed by atoms with Crippen molar-refractivity contribution >= 4 is 38.7 Å². The van der Waals surface area contributed by atoms with E-state index < -0.39 is 0 Å². The average Bonchev–Trinajstić information content (AvgIpc) is 2.87. The minimum absolute atomic E-state index is 0.160. The fourth-order valence-electron chi connectivity index (χ4n) is 1.93. The summed E-state index contributed by atoms with van der Waals surface area (Å²) in [4.78, 5) is 0. The molecule has 3 aromatic rings. The lowest BCUT2D eigenvalue weighted by Crippen LogP contribution is -1.99. The molecule has 3 rings (SSSR count). The molecule has 1 nitrogen and oxygen atoms in total. The maximum Gasteiger partial charge on any atom is 0.141 e. The first-order valence-electron chi connectivity index (χ1n) is 5.87. The van der Waals surface area contributed by atoms with Gasteiger partial charge in [0.05, 0.1) is 5.02 Å². The topological polar surface area (TPSA) is 12.0 Å². The Morgan fingerprint density at radius 1 is 1.11 bits per heavy atom. The van der Waals surface area contributed by atoms with Crippen molar-refractivity contribution in [2.75, 3.05) is 5.32 Å². The van der Waals surface area contributed by atoms with Crippen LogP contribution in [0, 0.1) is 5.82 Å². The predicted molar refractivity (Wildman–Crippen MR) is 80.6 cm³/mol. The number of anilines is 1. The zero-order valence-electron chi connectivity index (χ0n) is 9.99. The van der Waals surface area contributed by atoms with E-state index in [4.69, 9.17) is 11.6 Å². The first-order chi connectivity index (χ1) is 9.22. The number of fused-ring (bicyclic) bond motifs is 1. The van der Waals surface area contributed by atoms with Crippen molar-refractivity contribution in [3.8, 4) is 0 Å². The van der Waals surface area contributed by atoms with Crippen LogP contribution in [0.3, 0.4) is 0 Å². The van der Waals surface area contributed by atoms with Gasteiger partial charge in [-0.1, -0.05) is 17.7 Å². The summed E-state index contributed by atoms with van der Waals surface area (Å²) in [5.41, 5.74) is 2.00. The minimum Gasteiger partial charge on any atom is -0.381 e. The molecule has 2 aromatic carbocycles. The van der Waals surface area contributed by atoms with E-state index in [1.807, 2.05) is 6.07 Å². The lowest BCUT2D eigenvalue weighted by Gasteiger charge is -2.07. The van der Waals surface area contributed by atoms with Crippen LogP contribution in [0.5, 0.6) is 0 Å². The summed E-state index contributed by atoms with van der Waals surface area (Å²) in [6, 6.07) is 13.1. The van der Waals surface area contributed by atoms with E-state index in [-0.39, 0.29) is 10.8 Å². The minimum atomic E-state index is -0.384. The Morgan fingerprint density at radius 2 is 2.00 bits per heavy atom. The number of benzene rings is 2. The highest BCUT2D eigenvalue weighted by atomic mass is 35.5. The van der Waals surface area contributed by atoms with Crippen LogP contribution < -0.4 is 5.32 Å². The smallest absolute Gasteiger partial charge is 0.141 e. The van der Waals surface area contributed by atoms with Crippen LogP contribution >= 0.6 is 22.9 Å². The zero-order valence-corrected chi connectivity index (χ0v) is 11.6. The molecule has 1 aromatic heterocycles. The van der Waals surface area contributed by atoms with Gasteiger partial charge >= 0.3 is 0 Å². The maximum absolute atomic E-state index is 13.0. The molecule has 19 heavy (non-hydrogen) atoms. The quantitative estimate of drug-likeness (QED) is 0.690. The molecule has 0 aliphatic rings. The summed E-state index contributed by atoms with van der Waals surface area (Å²) in [5, 5.41) is 6.78. The number of nitrogens with one attached hydrogen (secondary N) is 1. The molecule has 0 radical (unpaired) electrons. The highest BCUT2D eigenvalue weighted by molar-refractivity contribution is 7.17. The molecule has 0 atom stereocenters. The van der Waals surface area contributed by atoms with Crippen LogP contribution in [0.1, 0.15) is 5.56 Å². The first-order valence-corrected chi connectivity index (χ1v) is 7.13. The van der Waals surface area contributed by atoms with Crippen molar-refractivity contribution in [2.45, 2.75) is 6.54 Å². The van der Waals surface area contributed by atoms with Gasteiger partial charge in [0.2, 0.25) is 0 Å². The molecule has 1 N–H and O–H groups in total. The number of hydrogen-bond acceptors (Lipinski definition) is 2. The maximum atomic E-state index is 13.0. The average molecular weight is 292 g/mol. The Hall–Kier alpha value is -1.58. The Balaban J connectivity index is 1.75. The van der Waals surface area contributed by atoms with Crippen LogP contribution in [0.2, 0.25) is 5.02 Å². The molecular formula is C15H11ClFNS. The number of rotatable bonds is 3. The van der Waals surface area contributed by atoms with Crippen molar-refractivity contribution in [3.05, 3.63) is 64.2 Å². The van der Waals surface area contributed by atoms with E-state index >= 15 is 0 Å². The Labute approximate surface area is 119 Å². The standard InChI is InChI=1S/C15H11ClFNS/c16-13-7-10(1-3-14(13)17)9-18-12-2-4-15-11(8-12)5-6-19-15/h1-8,18H,9H2. The fraction of sp³-hybridized carbons (Fsp3) is 0.0667. The monoisotopic (exact) mass is 291 g/mol. The van der Waals surface area contributed by atoms with E-state index in [1.54, 1.807) is 23.5 Å². The third kappa shape index (κ3) is 2.72. The lowest BCUT2D eigenvalue weighted by atomic mass is 10.2. The number of hydrogen-bond donors (Lipinski definition) is 1. The van der Waals surface area contributed by atoms with Gasteiger partial charge in [-0.25, -0.2) is 4.39 Å². The lowest BCUT2D eigenvalue weighted by molar-refractivity contribution is 0.627. The second kappa shape index (κ2) is 5.19. The summed E-state index contributed by atoms with van der Waals surface area (Å²) in [6.07, 6.45) is 0. The molecular weight excluding hydrogens is 281 g/mol. The SMILES string of the molecule is Fc1ccc(CNc2ccc3sccc3c2)cc1Cl. The molecule has 0 saturated heterocycles. The molecule has 4 heteroatoms. The largest absolute Gasteiger partial charge is 0.381 e. The summed E-state index contributed by atoms with van der Waals surface area (Å²) in [7, 11) is 0. The van der Waals surface area contributed by atoms with Crippen molar-refractivity contribution in [2.24, 2.45) is 0 Å². The van der Waals surface area contributed by atoms with E-state index in [1.165, 1.54) is 16.2 Å². The predicted octanol–water partition coefficient (Wildman–Crippen LogP) is 5.31. The van der Waals surface area contributed by atoms with Crippen molar-refractivity contribution in [1.82, 2.24) is 0 Å². The third-order valence-corrected chi connectivity index (χ3v) is 4.12. The van der Waals surface area contributed by atoms with Crippen LogP contribution in [0.4, 0.5) is 10.1 Å². The van der Waals surface area contributed by atoms with Crippen LogP contribution in [0.25, 0.3) is 10.1 Å². The molecule has 0 amide bonds. The molecule has 1 heterocycles. The molecule has 0 aliphatic carbocycles. The molecule has 0 unspecified atom stereocenters. The van der Waals surface area contributed by atoms with Crippen molar-refractivity contribution in [1.29, 1.82) is 0 Å². The molecule has 0 fully saturated rings. The Kier molecular flexibility index (Phi) is 3.40. The summed E-state index contributed by atoms with van der Waals surface area (Å²) >= 11 is 7.48. The van der Waals surface area contributed by atoms with Crippen molar-refractivity contribution in [3.63, 3.8) is 0 Å². The van der Waals surface area contributed by atoms with Gasteiger partial charge < -0.3 is 5.32 Å². The second-order valence-electron chi connectivity index (χ2n) is 4.28. The molecule has 0 saturated carbocycles. The zero-order chi connectivity index (χ0) is 13.2. The van der Waals surface area contributed by atoms with Gasteiger partial charge in [-0.15, -0.1) is 11.3 Å². The van der Waals surface area contributed by atoms with E-state index in [2.05, 4.69) is 28.9 Å². The fourth-order valence-corrected chi connectivity index (χ4v) is 2.90. The van der Waals surface area contributed by atoms with Gasteiger partial charge in [0.25, 0.3) is 0 Å².